The minimum atomic E-state index is -0.728. The van der Waals surface area contributed by atoms with Gasteiger partial charge in [0.05, 0.1) is 12.7 Å². The zero-order valence-corrected chi connectivity index (χ0v) is 19.6. The molecule has 4 heterocycles. The van der Waals surface area contributed by atoms with E-state index in [-0.39, 0.29) is 30.5 Å². The van der Waals surface area contributed by atoms with E-state index < -0.39 is 17.9 Å². The van der Waals surface area contributed by atoms with E-state index in [1.807, 2.05) is 45.9 Å². The first kappa shape index (κ1) is 21.8. The summed E-state index contributed by atoms with van der Waals surface area (Å²) in [7, 11) is 0. The van der Waals surface area contributed by atoms with Gasteiger partial charge in [0.1, 0.15) is 35.9 Å². The first-order chi connectivity index (χ1) is 15.8. The molecule has 3 fully saturated rings. The Hall–Kier alpha value is -1.74. The smallest absolute Gasteiger partial charge is 0.190 e. The Morgan fingerprint density at radius 1 is 0.909 bits per heavy atom. The molecule has 3 saturated heterocycles. The van der Waals surface area contributed by atoms with Crippen LogP contribution < -0.4 is 0 Å². The van der Waals surface area contributed by atoms with Crippen LogP contribution in [0.25, 0.3) is 11.3 Å². The van der Waals surface area contributed by atoms with Crippen molar-refractivity contribution < 1.29 is 32.8 Å². The molecule has 0 spiro atoms. The van der Waals surface area contributed by atoms with E-state index in [4.69, 9.17) is 32.8 Å². The Morgan fingerprint density at radius 3 is 2.45 bits per heavy atom. The third-order valence-corrected chi connectivity index (χ3v) is 6.83. The molecule has 7 nitrogen and oxygen atoms in total. The maximum atomic E-state index is 6.46. The van der Waals surface area contributed by atoms with Crippen LogP contribution in [0.2, 0.25) is 0 Å². The maximum Gasteiger partial charge on any atom is 0.190 e. The minimum absolute atomic E-state index is 0.0396. The van der Waals surface area contributed by atoms with Crippen LogP contribution in [0.1, 0.15) is 58.0 Å². The van der Waals surface area contributed by atoms with Crippen molar-refractivity contribution in [3.8, 4) is 11.3 Å². The van der Waals surface area contributed by atoms with Crippen molar-refractivity contribution in [3.63, 3.8) is 0 Å². The molecule has 4 aliphatic rings. The van der Waals surface area contributed by atoms with Gasteiger partial charge in [-0.15, -0.1) is 0 Å². The fraction of sp³-hybridized carbons (Fsp3) is 0.615. The molecule has 0 saturated carbocycles. The van der Waals surface area contributed by atoms with Gasteiger partial charge in [-0.1, -0.05) is 30.3 Å². The molecule has 0 amide bonds. The molecule has 0 N–H and O–H groups in total. The normalized spacial score (nSPS) is 36.2. The van der Waals surface area contributed by atoms with Crippen LogP contribution in [0.5, 0.6) is 0 Å². The third kappa shape index (κ3) is 4.05. The van der Waals surface area contributed by atoms with Crippen LogP contribution >= 0.6 is 0 Å². The van der Waals surface area contributed by atoms with E-state index in [1.54, 1.807) is 0 Å². The van der Waals surface area contributed by atoms with E-state index in [9.17, 15) is 0 Å². The lowest BCUT2D eigenvalue weighted by molar-refractivity contribution is -0.246. The molecule has 7 heteroatoms. The molecule has 1 aliphatic carbocycles. The van der Waals surface area contributed by atoms with E-state index >= 15 is 0 Å². The fourth-order valence-electron chi connectivity index (χ4n) is 5.47. The molecular weight excluding hydrogens is 424 g/mol. The van der Waals surface area contributed by atoms with Crippen LogP contribution in [0.3, 0.4) is 0 Å². The topological polar surface area (TPSA) is 68.5 Å². The quantitative estimate of drug-likeness (QED) is 0.658. The second-order valence-electron chi connectivity index (χ2n) is 10.3. The van der Waals surface area contributed by atoms with Crippen LogP contribution in [0, 0.1) is 0 Å². The van der Waals surface area contributed by atoms with E-state index in [0.29, 0.717) is 6.61 Å². The second kappa shape index (κ2) is 7.90. The number of hydrogen-bond donors (Lipinski definition) is 0. The lowest BCUT2D eigenvalue weighted by Gasteiger charge is -2.37. The largest absolute Gasteiger partial charge is 0.461 e. The highest BCUT2D eigenvalue weighted by molar-refractivity contribution is 5.59. The average molecular weight is 457 g/mol. The molecule has 3 aliphatic heterocycles. The number of ether oxygens (including phenoxy) is 6. The van der Waals surface area contributed by atoms with E-state index in [2.05, 4.69) is 18.2 Å². The van der Waals surface area contributed by atoms with Gasteiger partial charge in [-0.25, -0.2) is 0 Å². The van der Waals surface area contributed by atoms with Gasteiger partial charge in [0.25, 0.3) is 0 Å². The molecule has 1 aromatic heterocycles. The lowest BCUT2D eigenvalue weighted by Crippen LogP contribution is -2.56. The Kier molecular flexibility index (Phi) is 5.21. The summed E-state index contributed by atoms with van der Waals surface area (Å²) in [6, 6.07) is 12.3. The Bertz CT molecular complexity index is 997. The Morgan fingerprint density at radius 2 is 1.64 bits per heavy atom. The van der Waals surface area contributed by atoms with Gasteiger partial charge in [-0.05, 0) is 46.6 Å². The number of hydrogen-bond acceptors (Lipinski definition) is 7. The number of benzene rings is 1. The molecule has 1 aromatic carbocycles. The van der Waals surface area contributed by atoms with Crippen molar-refractivity contribution in [2.45, 2.75) is 95.3 Å². The fourth-order valence-corrected chi connectivity index (χ4v) is 5.47. The van der Waals surface area contributed by atoms with Gasteiger partial charge in [-0.3, -0.25) is 0 Å². The SMILES string of the molecule is CC1(C)O[C@H]2[C@@H](O1)[C@@H](CO[C@H]1CCCc3oc(-c4ccccc4)cc31)O[C@@H]1OC(C)(C)O[C@@H]12. The molecule has 178 valence electrons. The number of aryl methyl sites for hydroxylation is 1. The highest BCUT2D eigenvalue weighted by Gasteiger charge is 2.60. The Balaban J connectivity index is 1.20. The van der Waals surface area contributed by atoms with Crippen molar-refractivity contribution in [1.82, 2.24) is 0 Å². The standard InChI is InChI=1S/C26H32O7/c1-25(2)30-21-20(29-24-23(22(21)31-25)32-26(3,4)33-24)14-27-17-11-8-12-18-16(17)13-19(28-18)15-9-6-5-7-10-15/h5-7,9-10,13,17,20-24H,8,11-12,14H2,1-4H3/t17-,20+,21-,22-,23+,24+/m0/s1. The molecule has 6 rings (SSSR count). The zero-order valence-electron chi connectivity index (χ0n) is 19.6. The maximum absolute atomic E-state index is 6.46. The Labute approximate surface area is 194 Å². The van der Waals surface area contributed by atoms with Gasteiger partial charge < -0.3 is 32.8 Å². The van der Waals surface area contributed by atoms with Crippen LogP contribution in [0.4, 0.5) is 0 Å². The second-order valence-corrected chi connectivity index (χ2v) is 10.3. The summed E-state index contributed by atoms with van der Waals surface area (Å²) in [5.74, 6) is 0.466. The predicted octanol–water partition coefficient (Wildman–Crippen LogP) is 4.74. The highest BCUT2D eigenvalue weighted by Crippen LogP contribution is 2.45. The van der Waals surface area contributed by atoms with Gasteiger partial charge >= 0.3 is 0 Å². The molecule has 0 radical (unpaired) electrons. The molecule has 2 aromatic rings. The van der Waals surface area contributed by atoms with Crippen molar-refractivity contribution in [3.05, 3.63) is 47.7 Å². The minimum Gasteiger partial charge on any atom is -0.461 e. The van der Waals surface area contributed by atoms with Crippen molar-refractivity contribution in [2.75, 3.05) is 6.61 Å². The lowest BCUT2D eigenvalue weighted by atomic mass is 9.94. The van der Waals surface area contributed by atoms with Gasteiger partial charge in [-0.2, -0.15) is 0 Å². The first-order valence-corrected chi connectivity index (χ1v) is 11.9. The molecule has 0 unspecified atom stereocenters. The predicted molar refractivity (Wildman–Crippen MR) is 118 cm³/mol. The van der Waals surface area contributed by atoms with Crippen molar-refractivity contribution >= 4 is 0 Å². The highest BCUT2D eigenvalue weighted by atomic mass is 16.9. The van der Waals surface area contributed by atoms with E-state index in [1.165, 1.54) is 0 Å². The van der Waals surface area contributed by atoms with E-state index in [0.717, 1.165) is 41.9 Å². The van der Waals surface area contributed by atoms with Gasteiger partial charge in [0.2, 0.25) is 0 Å². The first-order valence-electron chi connectivity index (χ1n) is 11.9. The van der Waals surface area contributed by atoms with Crippen LogP contribution in [-0.4, -0.2) is 48.9 Å². The summed E-state index contributed by atoms with van der Waals surface area (Å²) in [6.45, 7) is 8.00. The number of furan rings is 1. The van der Waals surface area contributed by atoms with Gasteiger partial charge in [0.15, 0.2) is 17.9 Å². The average Bonchev–Trinajstić information content (AvgIpc) is 3.44. The summed E-state index contributed by atoms with van der Waals surface area (Å²) in [4.78, 5) is 0. The zero-order chi connectivity index (χ0) is 22.8. The van der Waals surface area contributed by atoms with Crippen molar-refractivity contribution in [2.24, 2.45) is 0 Å². The summed E-state index contributed by atoms with van der Waals surface area (Å²) in [5.41, 5.74) is 2.21. The van der Waals surface area contributed by atoms with Crippen LogP contribution in [0.15, 0.2) is 40.8 Å². The number of fused-ring (bicyclic) bond motifs is 4. The summed E-state index contributed by atoms with van der Waals surface area (Å²) in [5, 5.41) is 0. The molecular formula is C26H32O7. The molecule has 0 bridgehead atoms. The van der Waals surface area contributed by atoms with Crippen molar-refractivity contribution in [1.29, 1.82) is 0 Å². The molecule has 6 atom stereocenters. The molecule has 33 heavy (non-hydrogen) atoms. The van der Waals surface area contributed by atoms with Crippen LogP contribution in [-0.2, 0) is 34.8 Å². The monoisotopic (exact) mass is 456 g/mol. The summed E-state index contributed by atoms with van der Waals surface area (Å²) >= 11 is 0. The summed E-state index contributed by atoms with van der Waals surface area (Å²) < 4.78 is 43.5. The van der Waals surface area contributed by atoms with Gasteiger partial charge in [0, 0.05) is 17.5 Å². The third-order valence-electron chi connectivity index (χ3n) is 6.83. The summed E-state index contributed by atoms with van der Waals surface area (Å²) in [6.07, 6.45) is 1.16. The number of rotatable bonds is 4.